The molecule has 0 aliphatic heterocycles. The van der Waals surface area contributed by atoms with Gasteiger partial charge in [-0.1, -0.05) is 23.1 Å². The number of hydrogen-bond donors (Lipinski definition) is 1. The number of carbonyl (C=O) groups excluding carboxylic acids is 2. The quantitative estimate of drug-likeness (QED) is 0.373. The summed E-state index contributed by atoms with van der Waals surface area (Å²) in [6.45, 7) is 3.66. The summed E-state index contributed by atoms with van der Waals surface area (Å²) in [4.78, 5) is 22.4. The van der Waals surface area contributed by atoms with Crippen molar-refractivity contribution >= 4 is 51.7 Å². The van der Waals surface area contributed by atoms with Gasteiger partial charge < -0.3 is 4.74 Å². The average molecular weight is 310 g/mol. The van der Waals surface area contributed by atoms with Gasteiger partial charge in [0.2, 0.25) is 11.0 Å². The number of anilines is 1. The lowest BCUT2D eigenvalue weighted by atomic mass is 10.4. The molecule has 100 valence electrons. The molecule has 0 aromatic carbocycles. The number of thioether (sulfide) groups is 1. The van der Waals surface area contributed by atoms with Gasteiger partial charge in [0, 0.05) is 0 Å². The van der Waals surface area contributed by atoms with E-state index in [9.17, 15) is 9.59 Å². The molecule has 1 amide bonds. The SMILES string of the molecule is CCOC(=O)CSc1nnc(NC(=O)C(C)Cl)s1. The second-order valence-corrected chi connectivity index (χ2v) is 5.93. The van der Waals surface area contributed by atoms with Gasteiger partial charge in [0.05, 0.1) is 12.4 Å². The van der Waals surface area contributed by atoms with Crippen LogP contribution < -0.4 is 5.32 Å². The van der Waals surface area contributed by atoms with Crippen molar-refractivity contribution in [2.24, 2.45) is 0 Å². The molecule has 0 aliphatic rings. The number of halogens is 1. The van der Waals surface area contributed by atoms with Crippen LogP contribution in [0.5, 0.6) is 0 Å². The fourth-order valence-electron chi connectivity index (χ4n) is 0.847. The van der Waals surface area contributed by atoms with Gasteiger partial charge in [-0.25, -0.2) is 0 Å². The second kappa shape index (κ2) is 7.55. The van der Waals surface area contributed by atoms with Crippen LogP contribution in [0.15, 0.2) is 4.34 Å². The number of aromatic nitrogens is 2. The van der Waals surface area contributed by atoms with E-state index in [4.69, 9.17) is 16.3 Å². The first-order valence-corrected chi connectivity index (χ1v) is 7.33. The van der Waals surface area contributed by atoms with Crippen molar-refractivity contribution in [1.82, 2.24) is 10.2 Å². The second-order valence-electron chi connectivity index (χ2n) is 3.07. The van der Waals surface area contributed by atoms with Crippen molar-refractivity contribution < 1.29 is 14.3 Å². The molecule has 1 aromatic heterocycles. The van der Waals surface area contributed by atoms with Gasteiger partial charge in [-0.3, -0.25) is 14.9 Å². The number of carbonyl (C=O) groups is 2. The molecule has 0 fully saturated rings. The summed E-state index contributed by atoms with van der Waals surface area (Å²) in [7, 11) is 0. The van der Waals surface area contributed by atoms with Crippen LogP contribution in [0.4, 0.5) is 5.13 Å². The van der Waals surface area contributed by atoms with Crippen molar-refractivity contribution in [3.63, 3.8) is 0 Å². The molecule has 1 rings (SSSR count). The maximum Gasteiger partial charge on any atom is 0.316 e. The van der Waals surface area contributed by atoms with Crippen LogP contribution in [0.25, 0.3) is 0 Å². The molecule has 9 heteroatoms. The summed E-state index contributed by atoms with van der Waals surface area (Å²) in [5.74, 6) is -0.477. The van der Waals surface area contributed by atoms with Crippen LogP contribution in [0.1, 0.15) is 13.8 Å². The fraction of sp³-hybridized carbons (Fsp3) is 0.556. The smallest absolute Gasteiger partial charge is 0.316 e. The van der Waals surface area contributed by atoms with Crippen molar-refractivity contribution in [2.75, 3.05) is 17.7 Å². The highest BCUT2D eigenvalue weighted by Crippen LogP contribution is 2.25. The fourth-order valence-corrected chi connectivity index (χ4v) is 2.45. The minimum absolute atomic E-state index is 0.169. The number of amides is 1. The third-order valence-corrected chi connectivity index (χ3v) is 3.76. The van der Waals surface area contributed by atoms with E-state index in [0.29, 0.717) is 16.1 Å². The number of hydrogen-bond acceptors (Lipinski definition) is 7. The lowest BCUT2D eigenvalue weighted by Crippen LogP contribution is -2.20. The summed E-state index contributed by atoms with van der Waals surface area (Å²) >= 11 is 7.99. The van der Waals surface area contributed by atoms with E-state index in [1.807, 2.05) is 0 Å². The van der Waals surface area contributed by atoms with Gasteiger partial charge in [-0.05, 0) is 13.8 Å². The summed E-state index contributed by atoms with van der Waals surface area (Å²) in [5.41, 5.74) is 0. The highest BCUT2D eigenvalue weighted by Gasteiger charge is 2.13. The van der Waals surface area contributed by atoms with Gasteiger partial charge in [-0.15, -0.1) is 21.8 Å². The molecule has 18 heavy (non-hydrogen) atoms. The highest BCUT2D eigenvalue weighted by atomic mass is 35.5. The Labute approximate surface area is 117 Å². The lowest BCUT2D eigenvalue weighted by Gasteiger charge is -2.00. The van der Waals surface area contributed by atoms with Crippen LogP contribution >= 0.6 is 34.7 Å². The molecule has 1 unspecified atom stereocenters. The lowest BCUT2D eigenvalue weighted by molar-refractivity contribution is -0.139. The summed E-state index contributed by atoms with van der Waals surface area (Å²) in [6, 6.07) is 0. The van der Waals surface area contributed by atoms with Crippen molar-refractivity contribution in [1.29, 1.82) is 0 Å². The Morgan fingerprint density at radius 1 is 1.56 bits per heavy atom. The predicted molar refractivity (Wildman–Crippen MR) is 71.2 cm³/mol. The number of ether oxygens (including phenoxy) is 1. The third-order valence-electron chi connectivity index (χ3n) is 1.62. The number of nitrogens with one attached hydrogen (secondary N) is 1. The van der Waals surface area contributed by atoms with E-state index in [1.165, 1.54) is 23.1 Å². The number of alkyl halides is 1. The maximum absolute atomic E-state index is 11.3. The molecular formula is C9H12ClN3O3S2. The largest absolute Gasteiger partial charge is 0.465 e. The first-order valence-electron chi connectivity index (χ1n) is 5.09. The van der Waals surface area contributed by atoms with E-state index in [-0.39, 0.29) is 17.6 Å². The monoisotopic (exact) mass is 309 g/mol. The van der Waals surface area contributed by atoms with Crippen LogP contribution in [0.2, 0.25) is 0 Å². The molecule has 1 aromatic rings. The molecule has 0 bridgehead atoms. The molecule has 0 saturated carbocycles. The summed E-state index contributed by atoms with van der Waals surface area (Å²) < 4.78 is 5.36. The van der Waals surface area contributed by atoms with Crippen molar-refractivity contribution in [2.45, 2.75) is 23.6 Å². The first kappa shape index (κ1) is 15.2. The van der Waals surface area contributed by atoms with Gasteiger partial charge in [0.1, 0.15) is 5.38 Å². The van der Waals surface area contributed by atoms with E-state index in [0.717, 1.165) is 0 Å². The Balaban J connectivity index is 2.43. The molecule has 0 saturated heterocycles. The van der Waals surface area contributed by atoms with E-state index < -0.39 is 5.38 Å². The van der Waals surface area contributed by atoms with E-state index >= 15 is 0 Å². The molecule has 1 atom stereocenters. The van der Waals surface area contributed by atoms with E-state index in [1.54, 1.807) is 13.8 Å². The van der Waals surface area contributed by atoms with Crippen molar-refractivity contribution in [3.8, 4) is 0 Å². The molecular weight excluding hydrogens is 298 g/mol. The van der Waals surface area contributed by atoms with Crippen LogP contribution in [-0.2, 0) is 14.3 Å². The topological polar surface area (TPSA) is 81.2 Å². The Morgan fingerprint density at radius 3 is 2.89 bits per heavy atom. The minimum Gasteiger partial charge on any atom is -0.465 e. The summed E-state index contributed by atoms with van der Waals surface area (Å²) in [5, 5.41) is 9.84. The van der Waals surface area contributed by atoms with Crippen LogP contribution in [-0.4, -0.2) is 39.8 Å². The molecule has 1 heterocycles. The molecule has 0 radical (unpaired) electrons. The molecule has 0 spiro atoms. The maximum atomic E-state index is 11.3. The number of rotatable bonds is 6. The zero-order valence-corrected chi connectivity index (χ0v) is 12.2. The first-order chi connectivity index (χ1) is 8.52. The van der Waals surface area contributed by atoms with Gasteiger partial charge in [0.25, 0.3) is 0 Å². The highest BCUT2D eigenvalue weighted by molar-refractivity contribution is 8.01. The normalized spacial score (nSPS) is 11.9. The standard InChI is InChI=1S/C9H12ClN3O3S2/c1-3-16-6(14)4-17-9-13-12-8(18-9)11-7(15)5(2)10/h5H,3-4H2,1-2H3,(H,11,12,15). The third kappa shape index (κ3) is 5.19. The van der Waals surface area contributed by atoms with Gasteiger partial charge >= 0.3 is 5.97 Å². The Morgan fingerprint density at radius 2 is 2.28 bits per heavy atom. The van der Waals surface area contributed by atoms with Gasteiger partial charge in [-0.2, -0.15) is 0 Å². The van der Waals surface area contributed by atoms with Crippen LogP contribution in [0, 0.1) is 0 Å². The van der Waals surface area contributed by atoms with Crippen LogP contribution in [0.3, 0.4) is 0 Å². The molecule has 0 aliphatic carbocycles. The molecule has 1 N–H and O–H groups in total. The molecule has 6 nitrogen and oxygen atoms in total. The average Bonchev–Trinajstić information content (AvgIpc) is 2.74. The number of nitrogens with zero attached hydrogens (tertiary/aromatic N) is 2. The zero-order chi connectivity index (χ0) is 13.5. The van der Waals surface area contributed by atoms with Gasteiger partial charge in [0.15, 0.2) is 4.34 Å². The minimum atomic E-state index is -0.635. The Bertz CT molecular complexity index is 425. The van der Waals surface area contributed by atoms with E-state index in [2.05, 4.69) is 15.5 Å². The zero-order valence-electron chi connectivity index (χ0n) is 9.81. The number of esters is 1. The summed E-state index contributed by atoms with van der Waals surface area (Å²) in [6.07, 6.45) is 0. The Hall–Kier alpha value is -0.860. The Kier molecular flexibility index (Phi) is 6.37. The van der Waals surface area contributed by atoms with Crippen molar-refractivity contribution in [3.05, 3.63) is 0 Å². The predicted octanol–water partition coefficient (Wildman–Crippen LogP) is 1.76.